The molecular weight excluding hydrogens is 393 g/mol. The monoisotopic (exact) mass is 415 g/mol. The highest BCUT2D eigenvalue weighted by molar-refractivity contribution is 5.93. The maximum atomic E-state index is 13.8. The lowest BCUT2D eigenvalue weighted by atomic mass is 9.82. The molecule has 2 fully saturated rings. The first-order chi connectivity index (χ1) is 15.3. The van der Waals surface area contributed by atoms with Crippen LogP contribution >= 0.6 is 0 Å². The van der Waals surface area contributed by atoms with Crippen molar-refractivity contribution in [1.29, 1.82) is 0 Å². The number of halogens is 1. The van der Waals surface area contributed by atoms with Crippen LogP contribution in [0.4, 0.5) is 4.39 Å². The smallest absolute Gasteiger partial charge is 0.138 e. The van der Waals surface area contributed by atoms with Gasteiger partial charge in [0.25, 0.3) is 0 Å². The number of H-pyrrole nitrogens is 1. The Balaban J connectivity index is 1.34. The van der Waals surface area contributed by atoms with Crippen LogP contribution < -0.4 is 16.2 Å². The topological polar surface area (TPSA) is 90.5 Å². The van der Waals surface area contributed by atoms with Gasteiger partial charge in [0.2, 0.25) is 0 Å². The van der Waals surface area contributed by atoms with E-state index in [1.807, 2.05) is 24.5 Å². The molecule has 5 heterocycles. The van der Waals surface area contributed by atoms with Crippen molar-refractivity contribution >= 4 is 11.0 Å². The molecule has 4 atom stereocenters. The number of nitrogens with one attached hydrogen (secondary N) is 4. The van der Waals surface area contributed by atoms with Crippen molar-refractivity contribution in [2.75, 3.05) is 6.54 Å². The van der Waals surface area contributed by atoms with E-state index < -0.39 is 0 Å². The molecule has 156 valence electrons. The molecule has 8 heteroatoms. The number of hydrogen-bond donors (Lipinski definition) is 4. The summed E-state index contributed by atoms with van der Waals surface area (Å²) in [6, 6.07) is 11.4. The molecular formula is C23H22FN7. The van der Waals surface area contributed by atoms with Crippen molar-refractivity contribution in [1.82, 2.24) is 36.1 Å². The standard InChI is InChI=1S/C23H22FN7/c24-15-3-1-2-13(6-15)16-4-5-27-23-17(16)7-20(29-23)22-18-8-19(14-9-25-12-26-10-14)28-11-21(18)30-31-22/h1-7,9-10,12,18-19,21-22,28,30-31H,8,11H2,(H,27,29). The second-order valence-electron chi connectivity index (χ2n) is 8.26. The fourth-order valence-corrected chi connectivity index (χ4v) is 4.95. The van der Waals surface area contributed by atoms with E-state index in [9.17, 15) is 4.39 Å². The van der Waals surface area contributed by atoms with Crippen molar-refractivity contribution in [2.45, 2.75) is 24.5 Å². The predicted octanol–water partition coefficient (Wildman–Crippen LogP) is 3.03. The van der Waals surface area contributed by atoms with Gasteiger partial charge in [-0.15, -0.1) is 0 Å². The molecule has 0 amide bonds. The van der Waals surface area contributed by atoms with Gasteiger partial charge < -0.3 is 10.3 Å². The van der Waals surface area contributed by atoms with Crippen LogP contribution in [-0.4, -0.2) is 32.5 Å². The Morgan fingerprint density at radius 1 is 1.03 bits per heavy atom. The third-order valence-electron chi connectivity index (χ3n) is 6.47. The van der Waals surface area contributed by atoms with Crippen LogP contribution in [0.2, 0.25) is 0 Å². The number of piperidine rings is 1. The van der Waals surface area contributed by atoms with Crippen LogP contribution in [-0.2, 0) is 0 Å². The molecule has 7 nitrogen and oxygen atoms in total. The summed E-state index contributed by atoms with van der Waals surface area (Å²) in [4.78, 5) is 16.4. The number of aromatic nitrogens is 4. The molecule has 0 bridgehead atoms. The SMILES string of the molecule is Fc1cccc(-c2ccnc3[nH]c(C4NNC5CNC(c6cncnc6)CC54)cc23)c1. The van der Waals surface area contributed by atoms with Crippen molar-refractivity contribution in [3.8, 4) is 11.1 Å². The molecule has 0 saturated carbocycles. The largest absolute Gasteiger partial charge is 0.342 e. The van der Waals surface area contributed by atoms with Gasteiger partial charge in [-0.05, 0) is 41.8 Å². The minimum absolute atomic E-state index is 0.119. The summed E-state index contributed by atoms with van der Waals surface area (Å²) in [6.07, 6.45) is 8.05. The number of aromatic amines is 1. The summed E-state index contributed by atoms with van der Waals surface area (Å²) in [5.41, 5.74) is 11.7. The molecule has 2 aliphatic heterocycles. The maximum Gasteiger partial charge on any atom is 0.138 e. The van der Waals surface area contributed by atoms with E-state index in [0.717, 1.165) is 46.4 Å². The molecule has 2 saturated heterocycles. The fourth-order valence-electron chi connectivity index (χ4n) is 4.95. The van der Waals surface area contributed by atoms with Gasteiger partial charge in [-0.1, -0.05) is 12.1 Å². The highest BCUT2D eigenvalue weighted by Gasteiger charge is 2.42. The normalized spacial score (nSPS) is 25.6. The Morgan fingerprint density at radius 3 is 2.81 bits per heavy atom. The van der Waals surface area contributed by atoms with Crippen molar-refractivity contribution in [2.24, 2.45) is 5.92 Å². The van der Waals surface area contributed by atoms with Gasteiger partial charge in [0.05, 0.1) is 6.04 Å². The van der Waals surface area contributed by atoms with E-state index in [2.05, 4.69) is 42.2 Å². The van der Waals surface area contributed by atoms with E-state index in [4.69, 9.17) is 0 Å². The Hall–Kier alpha value is -3.20. The first kappa shape index (κ1) is 18.6. The Kier molecular flexibility index (Phi) is 4.48. The van der Waals surface area contributed by atoms with Crippen LogP contribution in [0.3, 0.4) is 0 Å². The Morgan fingerprint density at radius 2 is 1.94 bits per heavy atom. The molecule has 0 radical (unpaired) electrons. The van der Waals surface area contributed by atoms with Gasteiger partial charge in [0.15, 0.2) is 0 Å². The lowest BCUT2D eigenvalue weighted by Gasteiger charge is -2.34. The minimum Gasteiger partial charge on any atom is -0.342 e. The number of pyridine rings is 1. The Bertz CT molecular complexity index is 1230. The molecule has 6 rings (SSSR count). The van der Waals surface area contributed by atoms with Crippen LogP contribution in [0.15, 0.2) is 61.3 Å². The fraction of sp³-hybridized carbons (Fsp3) is 0.261. The van der Waals surface area contributed by atoms with E-state index in [1.54, 1.807) is 24.7 Å². The molecule has 31 heavy (non-hydrogen) atoms. The minimum atomic E-state index is -0.242. The molecule has 0 aliphatic carbocycles. The number of benzene rings is 1. The lowest BCUT2D eigenvalue weighted by Crippen LogP contribution is -2.46. The van der Waals surface area contributed by atoms with E-state index in [-0.39, 0.29) is 17.9 Å². The van der Waals surface area contributed by atoms with Gasteiger partial charge in [-0.2, -0.15) is 0 Å². The molecule has 3 aromatic heterocycles. The first-order valence-electron chi connectivity index (χ1n) is 10.5. The zero-order chi connectivity index (χ0) is 20.8. The molecule has 4 aromatic rings. The average Bonchev–Trinajstić information content (AvgIpc) is 3.43. The second kappa shape index (κ2) is 7.49. The molecule has 2 aliphatic rings. The zero-order valence-electron chi connectivity index (χ0n) is 16.7. The maximum absolute atomic E-state index is 13.8. The highest BCUT2D eigenvalue weighted by Crippen LogP contribution is 2.39. The number of hydrazine groups is 1. The van der Waals surface area contributed by atoms with Gasteiger partial charge in [0, 0.05) is 59.8 Å². The number of hydrogen-bond acceptors (Lipinski definition) is 6. The highest BCUT2D eigenvalue weighted by atomic mass is 19.1. The first-order valence-corrected chi connectivity index (χ1v) is 10.5. The molecule has 0 spiro atoms. The van der Waals surface area contributed by atoms with Crippen LogP contribution in [0.1, 0.15) is 29.8 Å². The summed E-state index contributed by atoms with van der Waals surface area (Å²) >= 11 is 0. The van der Waals surface area contributed by atoms with E-state index >= 15 is 0 Å². The number of fused-ring (bicyclic) bond motifs is 2. The second-order valence-corrected chi connectivity index (χ2v) is 8.26. The molecule has 1 aromatic carbocycles. The zero-order valence-corrected chi connectivity index (χ0v) is 16.7. The molecule has 4 unspecified atom stereocenters. The number of nitrogens with zero attached hydrogens (tertiary/aromatic N) is 3. The summed E-state index contributed by atoms with van der Waals surface area (Å²) in [7, 11) is 0. The van der Waals surface area contributed by atoms with Crippen LogP contribution in [0, 0.1) is 11.7 Å². The summed E-state index contributed by atoms with van der Waals surface area (Å²) in [5, 5.41) is 4.60. The van der Waals surface area contributed by atoms with Crippen molar-refractivity contribution < 1.29 is 4.39 Å². The van der Waals surface area contributed by atoms with E-state index in [0.29, 0.717) is 12.0 Å². The van der Waals surface area contributed by atoms with Gasteiger partial charge in [-0.3, -0.25) is 5.43 Å². The van der Waals surface area contributed by atoms with Gasteiger partial charge in [-0.25, -0.2) is 24.8 Å². The molecule has 4 N–H and O–H groups in total. The van der Waals surface area contributed by atoms with Crippen LogP contribution in [0.25, 0.3) is 22.2 Å². The van der Waals surface area contributed by atoms with Gasteiger partial charge in [0.1, 0.15) is 17.8 Å². The quantitative estimate of drug-likeness (QED) is 0.411. The van der Waals surface area contributed by atoms with Crippen LogP contribution in [0.5, 0.6) is 0 Å². The summed E-state index contributed by atoms with van der Waals surface area (Å²) < 4.78 is 13.8. The number of rotatable bonds is 3. The van der Waals surface area contributed by atoms with E-state index in [1.165, 1.54) is 6.07 Å². The lowest BCUT2D eigenvalue weighted by molar-refractivity contribution is 0.265. The van der Waals surface area contributed by atoms with Gasteiger partial charge >= 0.3 is 0 Å². The third-order valence-corrected chi connectivity index (χ3v) is 6.47. The summed E-state index contributed by atoms with van der Waals surface area (Å²) in [6.45, 7) is 0.862. The average molecular weight is 415 g/mol. The Labute approximate surface area is 178 Å². The summed E-state index contributed by atoms with van der Waals surface area (Å²) in [5.74, 6) is 0.144. The van der Waals surface area contributed by atoms with Crippen molar-refractivity contribution in [3.05, 3.63) is 78.4 Å². The van der Waals surface area contributed by atoms with Crippen molar-refractivity contribution in [3.63, 3.8) is 0 Å². The third kappa shape index (κ3) is 3.29. The predicted molar refractivity (Wildman–Crippen MR) is 115 cm³/mol.